The molecule has 0 spiro atoms. The van der Waals surface area contributed by atoms with Crippen molar-refractivity contribution >= 4 is 17.0 Å². The molecule has 0 saturated carbocycles. The Morgan fingerprint density at radius 2 is 2.20 bits per heavy atom. The number of hydrogen-bond acceptors (Lipinski definition) is 1. The maximum Gasteiger partial charge on any atom is 0.0404 e. The minimum absolute atomic E-state index is 0. The summed E-state index contributed by atoms with van der Waals surface area (Å²) >= 11 is 0. The highest BCUT2D eigenvalue weighted by atomic mass is 79.9. The summed E-state index contributed by atoms with van der Waals surface area (Å²) in [6.45, 7) is 4.18. The van der Waals surface area contributed by atoms with E-state index in [0.29, 0.717) is 0 Å². The van der Waals surface area contributed by atoms with Gasteiger partial charge in [0.25, 0.3) is 0 Å². The van der Waals surface area contributed by atoms with Crippen LogP contribution in [0.1, 0.15) is 18.2 Å². The van der Waals surface area contributed by atoms with Gasteiger partial charge in [0.1, 0.15) is 0 Å². The second-order valence-electron chi connectivity index (χ2n) is 2.10. The minimum atomic E-state index is 0. The van der Waals surface area contributed by atoms with Crippen molar-refractivity contribution in [2.75, 3.05) is 0 Å². The van der Waals surface area contributed by atoms with E-state index in [0.717, 1.165) is 12.1 Å². The molecule has 0 unspecified atom stereocenters. The van der Waals surface area contributed by atoms with Crippen molar-refractivity contribution in [3.63, 3.8) is 0 Å². The van der Waals surface area contributed by atoms with Gasteiger partial charge in [-0.1, -0.05) is 13.0 Å². The van der Waals surface area contributed by atoms with Crippen LogP contribution >= 0.6 is 17.0 Å². The fraction of sp³-hybridized carbons (Fsp3) is 0.375. The zero-order valence-corrected chi connectivity index (χ0v) is 8.01. The summed E-state index contributed by atoms with van der Waals surface area (Å²) in [5, 5.41) is 0. The molecule has 0 aromatic carbocycles. The topological polar surface area (TPSA) is 12.9 Å². The number of pyridine rings is 1. The van der Waals surface area contributed by atoms with Gasteiger partial charge < -0.3 is 0 Å². The lowest BCUT2D eigenvalue weighted by atomic mass is 10.2. The molecule has 0 aliphatic heterocycles. The molecule has 1 nitrogen and oxygen atoms in total. The summed E-state index contributed by atoms with van der Waals surface area (Å²) in [5.74, 6) is 0. The fourth-order valence-corrected chi connectivity index (χ4v) is 0.891. The SMILES string of the molecule is Br.CCc1cccnc1C. The van der Waals surface area contributed by atoms with Crippen LogP contribution in [0.25, 0.3) is 0 Å². The highest BCUT2D eigenvalue weighted by Crippen LogP contribution is 2.02. The van der Waals surface area contributed by atoms with Gasteiger partial charge in [-0.15, -0.1) is 17.0 Å². The number of rotatable bonds is 1. The normalized spacial score (nSPS) is 8.60. The molecule has 0 aliphatic carbocycles. The zero-order valence-electron chi connectivity index (χ0n) is 6.29. The van der Waals surface area contributed by atoms with E-state index >= 15 is 0 Å². The first-order valence-corrected chi connectivity index (χ1v) is 3.25. The fourth-order valence-electron chi connectivity index (χ4n) is 0.891. The Hall–Kier alpha value is -0.370. The van der Waals surface area contributed by atoms with Gasteiger partial charge in [-0.25, -0.2) is 0 Å². The Kier molecular flexibility index (Phi) is 4.28. The largest absolute Gasteiger partial charge is 0.261 e. The van der Waals surface area contributed by atoms with Crippen molar-refractivity contribution in [2.24, 2.45) is 0 Å². The van der Waals surface area contributed by atoms with Gasteiger partial charge in [-0.05, 0) is 25.0 Å². The lowest BCUT2D eigenvalue weighted by Gasteiger charge is -1.97. The van der Waals surface area contributed by atoms with Crippen molar-refractivity contribution in [1.29, 1.82) is 0 Å². The molecule has 0 saturated heterocycles. The standard InChI is InChI=1S/C8H11N.BrH/c1-3-8-5-4-6-9-7(8)2;/h4-6H,3H2,1-2H3;1H. The Morgan fingerprint density at radius 1 is 1.50 bits per heavy atom. The lowest BCUT2D eigenvalue weighted by Crippen LogP contribution is -1.87. The molecule has 0 radical (unpaired) electrons. The second-order valence-corrected chi connectivity index (χ2v) is 2.10. The molecular formula is C8H12BrN. The molecule has 0 aliphatic rings. The van der Waals surface area contributed by atoms with Gasteiger partial charge in [0.15, 0.2) is 0 Å². The molecule has 0 N–H and O–H groups in total. The third-order valence-corrected chi connectivity index (χ3v) is 1.50. The van der Waals surface area contributed by atoms with Gasteiger partial charge in [0.05, 0.1) is 0 Å². The van der Waals surface area contributed by atoms with Crippen LogP contribution in [0, 0.1) is 6.92 Å². The molecule has 0 amide bonds. The van der Waals surface area contributed by atoms with E-state index < -0.39 is 0 Å². The highest BCUT2D eigenvalue weighted by molar-refractivity contribution is 8.93. The lowest BCUT2D eigenvalue weighted by molar-refractivity contribution is 1.05. The van der Waals surface area contributed by atoms with Crippen molar-refractivity contribution in [1.82, 2.24) is 4.98 Å². The second kappa shape index (κ2) is 4.45. The number of hydrogen-bond donors (Lipinski definition) is 0. The Balaban J connectivity index is 0.000000810. The number of nitrogens with zero attached hydrogens (tertiary/aromatic N) is 1. The van der Waals surface area contributed by atoms with E-state index in [1.807, 2.05) is 19.2 Å². The molecule has 1 rings (SSSR count). The smallest absolute Gasteiger partial charge is 0.0404 e. The predicted octanol–water partition coefficient (Wildman–Crippen LogP) is 2.53. The van der Waals surface area contributed by atoms with Crippen LogP contribution < -0.4 is 0 Å². The maximum absolute atomic E-state index is 4.15. The molecule has 56 valence electrons. The molecule has 10 heavy (non-hydrogen) atoms. The summed E-state index contributed by atoms with van der Waals surface area (Å²) in [6.07, 6.45) is 2.91. The number of halogens is 1. The van der Waals surface area contributed by atoms with Gasteiger partial charge in [-0.2, -0.15) is 0 Å². The summed E-state index contributed by atoms with van der Waals surface area (Å²) in [7, 11) is 0. The average molecular weight is 202 g/mol. The third kappa shape index (κ3) is 2.10. The number of aromatic nitrogens is 1. The van der Waals surface area contributed by atoms with Gasteiger partial charge in [-0.3, -0.25) is 4.98 Å². The van der Waals surface area contributed by atoms with Crippen molar-refractivity contribution in [3.8, 4) is 0 Å². The van der Waals surface area contributed by atoms with E-state index in [1.54, 1.807) is 0 Å². The van der Waals surface area contributed by atoms with E-state index in [9.17, 15) is 0 Å². The van der Waals surface area contributed by atoms with Crippen LogP contribution in [0.5, 0.6) is 0 Å². The summed E-state index contributed by atoms with van der Waals surface area (Å²) in [4.78, 5) is 4.15. The summed E-state index contributed by atoms with van der Waals surface area (Å²) < 4.78 is 0. The van der Waals surface area contributed by atoms with Crippen molar-refractivity contribution in [3.05, 3.63) is 29.6 Å². The zero-order chi connectivity index (χ0) is 6.69. The van der Waals surface area contributed by atoms with Crippen LogP contribution in [0.4, 0.5) is 0 Å². The van der Waals surface area contributed by atoms with Gasteiger partial charge in [0.2, 0.25) is 0 Å². The third-order valence-electron chi connectivity index (χ3n) is 1.50. The van der Waals surface area contributed by atoms with Gasteiger partial charge >= 0.3 is 0 Å². The van der Waals surface area contributed by atoms with E-state index in [2.05, 4.69) is 18.0 Å². The summed E-state index contributed by atoms with van der Waals surface area (Å²) in [5.41, 5.74) is 2.50. The molecule has 0 atom stereocenters. The molecule has 1 heterocycles. The van der Waals surface area contributed by atoms with Crippen LogP contribution in [0.15, 0.2) is 18.3 Å². The number of aryl methyl sites for hydroxylation is 2. The molecule has 1 aromatic heterocycles. The molecular weight excluding hydrogens is 190 g/mol. The van der Waals surface area contributed by atoms with Crippen LogP contribution in [-0.4, -0.2) is 4.98 Å². The Bertz CT molecular complexity index is 198. The van der Waals surface area contributed by atoms with Crippen LogP contribution in [0.2, 0.25) is 0 Å². The molecule has 0 bridgehead atoms. The molecule has 2 heteroatoms. The van der Waals surface area contributed by atoms with E-state index in [1.165, 1.54) is 5.56 Å². The van der Waals surface area contributed by atoms with E-state index in [4.69, 9.17) is 0 Å². The highest BCUT2D eigenvalue weighted by Gasteiger charge is 1.91. The first kappa shape index (κ1) is 9.63. The quantitative estimate of drug-likeness (QED) is 0.681. The predicted molar refractivity (Wildman–Crippen MR) is 48.7 cm³/mol. The van der Waals surface area contributed by atoms with Gasteiger partial charge in [0, 0.05) is 11.9 Å². The molecule has 1 aromatic rings. The van der Waals surface area contributed by atoms with Crippen molar-refractivity contribution < 1.29 is 0 Å². The summed E-state index contributed by atoms with van der Waals surface area (Å²) in [6, 6.07) is 4.09. The van der Waals surface area contributed by atoms with Crippen LogP contribution in [-0.2, 0) is 6.42 Å². The molecule has 0 fully saturated rings. The monoisotopic (exact) mass is 201 g/mol. The maximum atomic E-state index is 4.15. The Labute approximate surface area is 72.3 Å². The van der Waals surface area contributed by atoms with Crippen LogP contribution in [0.3, 0.4) is 0 Å². The Morgan fingerprint density at radius 3 is 2.60 bits per heavy atom. The van der Waals surface area contributed by atoms with E-state index in [-0.39, 0.29) is 17.0 Å². The first-order chi connectivity index (χ1) is 4.34. The minimum Gasteiger partial charge on any atom is -0.261 e. The average Bonchev–Trinajstić information content (AvgIpc) is 1.89. The van der Waals surface area contributed by atoms with Crippen molar-refractivity contribution in [2.45, 2.75) is 20.3 Å². The first-order valence-electron chi connectivity index (χ1n) is 3.25.